The van der Waals surface area contributed by atoms with Gasteiger partial charge < -0.3 is 20.0 Å². The number of hydrogen-bond donors (Lipinski definition) is 1. The fourth-order valence-corrected chi connectivity index (χ4v) is 5.75. The molecule has 0 bridgehead atoms. The lowest BCUT2D eigenvalue weighted by molar-refractivity contribution is -0.136. The molecule has 10 heteroatoms. The third-order valence-electron chi connectivity index (χ3n) is 7.96. The molecule has 3 aliphatic heterocycles. The number of halogens is 3. The number of piperidine rings is 1. The first kappa shape index (κ1) is 26.2. The minimum Gasteiger partial charge on any atom is -0.357 e. The van der Waals surface area contributed by atoms with Crippen LogP contribution in [0, 0.1) is 0 Å². The van der Waals surface area contributed by atoms with Crippen LogP contribution in [-0.2, 0) is 6.18 Å². The highest BCUT2D eigenvalue weighted by Crippen LogP contribution is 2.36. The number of aromatic nitrogens is 2. The highest BCUT2D eigenvalue weighted by molar-refractivity contribution is 5.95. The number of nitrogens with one attached hydrogen (secondary N) is 1. The van der Waals surface area contributed by atoms with Crippen LogP contribution < -0.4 is 10.2 Å². The average molecular weight is 519 g/mol. The highest BCUT2D eigenvalue weighted by Gasteiger charge is 2.35. The number of pyridine rings is 2. The predicted molar refractivity (Wildman–Crippen MR) is 138 cm³/mol. The zero-order valence-corrected chi connectivity index (χ0v) is 21.4. The van der Waals surface area contributed by atoms with Crippen LogP contribution in [0.2, 0.25) is 0 Å². The Labute approximate surface area is 216 Å². The topological polar surface area (TPSA) is 64.6 Å². The molecule has 0 radical (unpaired) electrons. The molecule has 2 aromatic heterocycles. The van der Waals surface area contributed by atoms with Crippen LogP contribution in [-0.4, -0.2) is 84.1 Å². The van der Waals surface area contributed by atoms with Gasteiger partial charge in [-0.05, 0) is 69.8 Å². The van der Waals surface area contributed by atoms with Crippen molar-refractivity contribution in [2.45, 2.75) is 63.6 Å². The van der Waals surface area contributed by atoms with Crippen LogP contribution in [0.4, 0.5) is 19.0 Å². The molecule has 0 atom stereocenters. The number of fused-ring (bicyclic) bond motifs is 1. The second-order valence-electron chi connectivity index (χ2n) is 10.6. The van der Waals surface area contributed by atoms with Gasteiger partial charge in [0.15, 0.2) is 0 Å². The lowest BCUT2D eigenvalue weighted by Gasteiger charge is -2.33. The first-order chi connectivity index (χ1) is 17.9. The van der Waals surface area contributed by atoms with Gasteiger partial charge in [-0.2, -0.15) is 13.2 Å². The first-order valence-corrected chi connectivity index (χ1v) is 13.8. The third-order valence-corrected chi connectivity index (χ3v) is 7.96. The normalized spacial score (nSPS) is 20.9. The van der Waals surface area contributed by atoms with Crippen LogP contribution in [0.5, 0.6) is 0 Å². The molecular formula is C27H37F3N6O. The zero-order valence-electron chi connectivity index (χ0n) is 21.4. The standard InChI is InChI=1S/C27H37F3N6O/c28-27(29,30)21-19-24(36-13-3-1-2-4-14-36)32-22-7-8-23(33-25(21)22)26(37)31-20-9-15-35(16-10-20)18-17-34-11-5-6-12-34/h7-8,19-20H,1-6,9-18H2,(H,31,37). The van der Waals surface area contributed by atoms with Crippen molar-refractivity contribution in [2.24, 2.45) is 0 Å². The average Bonchev–Trinajstić information content (AvgIpc) is 3.26. The molecule has 3 fully saturated rings. The number of carbonyl (C=O) groups excluding carboxylic acids is 1. The number of likely N-dealkylation sites (tertiary alicyclic amines) is 2. The van der Waals surface area contributed by atoms with E-state index in [1.54, 1.807) is 0 Å². The Morgan fingerprint density at radius 3 is 2.14 bits per heavy atom. The fraction of sp³-hybridized carbons (Fsp3) is 0.667. The molecule has 0 unspecified atom stereocenters. The fourth-order valence-electron chi connectivity index (χ4n) is 5.75. The van der Waals surface area contributed by atoms with Gasteiger partial charge in [0, 0.05) is 45.3 Å². The molecule has 0 spiro atoms. The van der Waals surface area contributed by atoms with Crippen molar-refractivity contribution in [2.75, 3.05) is 57.3 Å². The largest absolute Gasteiger partial charge is 0.418 e. The number of alkyl halides is 3. The van der Waals surface area contributed by atoms with Gasteiger partial charge in [0.25, 0.3) is 5.91 Å². The van der Waals surface area contributed by atoms with Crippen molar-refractivity contribution in [3.63, 3.8) is 0 Å². The van der Waals surface area contributed by atoms with Crippen molar-refractivity contribution in [3.8, 4) is 0 Å². The second kappa shape index (κ2) is 11.5. The zero-order chi connectivity index (χ0) is 25.8. The molecule has 1 amide bonds. The SMILES string of the molecule is O=C(NC1CCN(CCN2CCCC2)CC1)c1ccc2nc(N3CCCCCC3)cc(C(F)(F)F)c2n1. The van der Waals surface area contributed by atoms with E-state index >= 15 is 0 Å². The minimum atomic E-state index is -4.59. The number of rotatable bonds is 6. The summed E-state index contributed by atoms with van der Waals surface area (Å²) in [5, 5.41) is 3.00. The maximum absolute atomic E-state index is 14.1. The summed E-state index contributed by atoms with van der Waals surface area (Å²) in [6, 6.07) is 4.08. The summed E-state index contributed by atoms with van der Waals surface area (Å²) in [4.78, 5) is 28.5. The molecule has 5 heterocycles. The van der Waals surface area contributed by atoms with Gasteiger partial charge in [-0.15, -0.1) is 0 Å². The molecule has 7 nitrogen and oxygen atoms in total. The van der Waals surface area contributed by atoms with Crippen molar-refractivity contribution >= 4 is 22.8 Å². The van der Waals surface area contributed by atoms with Gasteiger partial charge in [0.1, 0.15) is 17.0 Å². The van der Waals surface area contributed by atoms with E-state index in [9.17, 15) is 18.0 Å². The van der Waals surface area contributed by atoms with Crippen molar-refractivity contribution in [3.05, 3.63) is 29.5 Å². The van der Waals surface area contributed by atoms with Crippen LogP contribution in [0.15, 0.2) is 18.2 Å². The molecule has 202 valence electrons. The maximum atomic E-state index is 14.1. The Kier molecular flexibility index (Phi) is 8.14. The molecule has 0 aliphatic carbocycles. The van der Waals surface area contributed by atoms with Crippen LogP contribution in [0.25, 0.3) is 11.0 Å². The van der Waals surface area contributed by atoms with Crippen molar-refractivity contribution in [1.82, 2.24) is 25.1 Å². The number of nitrogens with zero attached hydrogens (tertiary/aromatic N) is 5. The van der Waals surface area contributed by atoms with Gasteiger partial charge in [-0.1, -0.05) is 12.8 Å². The van der Waals surface area contributed by atoms with Crippen LogP contribution >= 0.6 is 0 Å². The lowest BCUT2D eigenvalue weighted by atomic mass is 10.0. The molecule has 3 saturated heterocycles. The first-order valence-electron chi connectivity index (χ1n) is 13.8. The molecule has 37 heavy (non-hydrogen) atoms. The van der Waals surface area contributed by atoms with E-state index in [0.717, 1.165) is 70.8 Å². The van der Waals surface area contributed by atoms with E-state index in [4.69, 9.17) is 0 Å². The maximum Gasteiger partial charge on any atom is 0.418 e. The van der Waals surface area contributed by atoms with Gasteiger partial charge in [0.05, 0.1) is 11.1 Å². The summed E-state index contributed by atoms with van der Waals surface area (Å²) < 4.78 is 42.2. The van der Waals surface area contributed by atoms with E-state index in [-0.39, 0.29) is 22.8 Å². The molecular weight excluding hydrogens is 481 g/mol. The van der Waals surface area contributed by atoms with Crippen molar-refractivity contribution in [1.29, 1.82) is 0 Å². The predicted octanol–water partition coefficient (Wildman–Crippen LogP) is 4.32. The Bertz CT molecular complexity index is 1070. The molecule has 3 aliphatic rings. The minimum absolute atomic E-state index is 0.00112. The molecule has 0 aromatic carbocycles. The molecule has 5 rings (SSSR count). The van der Waals surface area contributed by atoms with Gasteiger partial charge in [0.2, 0.25) is 0 Å². The van der Waals surface area contributed by atoms with Gasteiger partial charge >= 0.3 is 6.18 Å². The number of anilines is 1. The van der Waals surface area contributed by atoms with E-state index in [2.05, 4.69) is 25.1 Å². The lowest BCUT2D eigenvalue weighted by Crippen LogP contribution is -2.46. The Morgan fingerprint density at radius 2 is 1.49 bits per heavy atom. The molecule has 0 saturated carbocycles. The van der Waals surface area contributed by atoms with Gasteiger partial charge in [-0.25, -0.2) is 9.97 Å². The quantitative estimate of drug-likeness (QED) is 0.615. The summed E-state index contributed by atoms with van der Waals surface area (Å²) in [6.45, 7) is 7.72. The van der Waals surface area contributed by atoms with E-state index in [1.165, 1.54) is 38.1 Å². The summed E-state index contributed by atoms with van der Waals surface area (Å²) in [7, 11) is 0. The summed E-state index contributed by atoms with van der Waals surface area (Å²) in [6.07, 6.45) is 3.68. The van der Waals surface area contributed by atoms with Gasteiger partial charge in [-0.3, -0.25) is 4.79 Å². The van der Waals surface area contributed by atoms with Crippen LogP contribution in [0.1, 0.15) is 67.4 Å². The summed E-state index contributed by atoms with van der Waals surface area (Å²) in [5.74, 6) is -0.0978. The van der Waals surface area contributed by atoms with Crippen molar-refractivity contribution < 1.29 is 18.0 Å². The van der Waals surface area contributed by atoms with Crippen LogP contribution in [0.3, 0.4) is 0 Å². The Hall–Kier alpha value is -2.46. The number of amides is 1. The monoisotopic (exact) mass is 518 g/mol. The Balaban J connectivity index is 1.25. The molecule has 1 N–H and O–H groups in total. The molecule has 2 aromatic rings. The Morgan fingerprint density at radius 1 is 0.865 bits per heavy atom. The van der Waals surface area contributed by atoms with E-state index in [1.807, 2.05) is 4.90 Å². The third kappa shape index (κ3) is 6.52. The summed E-state index contributed by atoms with van der Waals surface area (Å²) >= 11 is 0. The second-order valence-corrected chi connectivity index (χ2v) is 10.6. The van der Waals surface area contributed by atoms with E-state index < -0.39 is 17.6 Å². The number of carbonyl (C=O) groups is 1. The van der Waals surface area contributed by atoms with E-state index in [0.29, 0.717) is 18.9 Å². The smallest absolute Gasteiger partial charge is 0.357 e. The highest BCUT2D eigenvalue weighted by atomic mass is 19.4. The number of hydrogen-bond acceptors (Lipinski definition) is 6. The summed E-state index contributed by atoms with van der Waals surface area (Å²) in [5.41, 5.74) is -0.941.